The molecule has 0 saturated carbocycles. The lowest BCUT2D eigenvalue weighted by Gasteiger charge is -2.23. The summed E-state index contributed by atoms with van der Waals surface area (Å²) in [5, 5.41) is 2.55. The van der Waals surface area contributed by atoms with Gasteiger partial charge in [0, 0.05) is 17.8 Å². The van der Waals surface area contributed by atoms with Crippen molar-refractivity contribution < 1.29 is 22.7 Å². The lowest BCUT2D eigenvalue weighted by Crippen LogP contribution is -2.34. The molecule has 1 N–H and O–H groups in total. The van der Waals surface area contributed by atoms with Crippen molar-refractivity contribution in [3.63, 3.8) is 0 Å². The Morgan fingerprint density at radius 3 is 2.11 bits per heavy atom. The number of rotatable bonds is 3. The largest absolute Gasteiger partial charge is 0.458 e. The van der Waals surface area contributed by atoms with Gasteiger partial charge < -0.3 is 10.1 Å². The highest BCUT2D eigenvalue weighted by atomic mass is 19.2. The van der Waals surface area contributed by atoms with Crippen molar-refractivity contribution in [3.05, 3.63) is 29.6 Å². The highest BCUT2D eigenvalue weighted by Gasteiger charge is 2.22. The van der Waals surface area contributed by atoms with Crippen molar-refractivity contribution in [2.75, 3.05) is 5.32 Å². The fourth-order valence-corrected chi connectivity index (χ4v) is 1.34. The summed E-state index contributed by atoms with van der Waals surface area (Å²) in [6.45, 7) is 6.59. The van der Waals surface area contributed by atoms with Crippen molar-refractivity contribution in [3.8, 4) is 0 Å². The second-order valence-electron chi connectivity index (χ2n) is 5.15. The maximum Gasteiger partial charge on any atom is 0.328 e. The Balaban J connectivity index is 2.77. The van der Waals surface area contributed by atoms with Crippen LogP contribution in [0.15, 0.2) is 12.1 Å². The third-order valence-electron chi connectivity index (χ3n) is 2.13. The zero-order valence-electron chi connectivity index (χ0n) is 11.2. The van der Waals surface area contributed by atoms with Gasteiger partial charge in [-0.1, -0.05) is 0 Å². The number of esters is 1. The Morgan fingerprint density at radius 2 is 1.68 bits per heavy atom. The summed E-state index contributed by atoms with van der Waals surface area (Å²) in [7, 11) is 0. The normalized spacial score (nSPS) is 13.0. The number of anilines is 1. The third kappa shape index (κ3) is 4.46. The second-order valence-corrected chi connectivity index (χ2v) is 5.15. The second kappa shape index (κ2) is 5.50. The first-order valence-corrected chi connectivity index (χ1v) is 5.74. The van der Waals surface area contributed by atoms with E-state index < -0.39 is 35.1 Å². The molecule has 19 heavy (non-hydrogen) atoms. The zero-order chi connectivity index (χ0) is 14.8. The van der Waals surface area contributed by atoms with Gasteiger partial charge in [0.05, 0.1) is 0 Å². The van der Waals surface area contributed by atoms with Crippen LogP contribution in [0.3, 0.4) is 0 Å². The molecule has 0 spiro atoms. The first-order chi connectivity index (χ1) is 8.60. The molecule has 1 aromatic rings. The van der Waals surface area contributed by atoms with Crippen molar-refractivity contribution in [1.29, 1.82) is 0 Å². The summed E-state index contributed by atoms with van der Waals surface area (Å²) in [6, 6.07) is 0.738. The van der Waals surface area contributed by atoms with Crippen LogP contribution in [-0.2, 0) is 9.53 Å². The highest BCUT2D eigenvalue weighted by Crippen LogP contribution is 2.18. The molecule has 0 aliphatic heterocycles. The Labute approximate surface area is 109 Å². The Bertz CT molecular complexity index is 460. The number of hydrogen-bond donors (Lipinski definition) is 1. The van der Waals surface area contributed by atoms with E-state index in [1.807, 2.05) is 0 Å². The van der Waals surface area contributed by atoms with Crippen molar-refractivity contribution in [1.82, 2.24) is 0 Å². The topological polar surface area (TPSA) is 38.3 Å². The van der Waals surface area contributed by atoms with Crippen LogP contribution in [0.2, 0.25) is 0 Å². The Hall–Kier alpha value is -1.72. The van der Waals surface area contributed by atoms with E-state index >= 15 is 0 Å². The van der Waals surface area contributed by atoms with E-state index in [1.54, 1.807) is 20.8 Å². The van der Waals surface area contributed by atoms with Gasteiger partial charge in [0.25, 0.3) is 0 Å². The number of benzene rings is 1. The summed E-state index contributed by atoms with van der Waals surface area (Å²) in [6.07, 6.45) is 0. The molecule has 0 bridgehead atoms. The summed E-state index contributed by atoms with van der Waals surface area (Å²) >= 11 is 0. The van der Waals surface area contributed by atoms with E-state index in [0.29, 0.717) is 0 Å². The van der Waals surface area contributed by atoms with Crippen LogP contribution in [0.5, 0.6) is 0 Å². The van der Waals surface area contributed by atoms with Gasteiger partial charge in [-0.05, 0) is 27.7 Å². The fraction of sp³-hybridized carbons (Fsp3) is 0.462. The molecule has 1 atom stereocenters. The zero-order valence-corrected chi connectivity index (χ0v) is 11.2. The molecule has 1 rings (SSSR count). The number of carbonyl (C=O) groups excluding carboxylic acids is 1. The van der Waals surface area contributed by atoms with Crippen LogP contribution in [0, 0.1) is 17.5 Å². The molecule has 0 radical (unpaired) electrons. The predicted molar refractivity (Wildman–Crippen MR) is 65.2 cm³/mol. The van der Waals surface area contributed by atoms with Crippen LogP contribution < -0.4 is 5.32 Å². The van der Waals surface area contributed by atoms with Gasteiger partial charge in [0.1, 0.15) is 11.6 Å². The van der Waals surface area contributed by atoms with E-state index in [0.717, 1.165) is 12.1 Å². The number of carbonyl (C=O) groups is 1. The molecule has 6 heteroatoms. The molecule has 1 unspecified atom stereocenters. The van der Waals surface area contributed by atoms with E-state index in [1.165, 1.54) is 6.92 Å². The molecular weight excluding hydrogens is 259 g/mol. The lowest BCUT2D eigenvalue weighted by molar-refractivity contribution is -0.155. The standard InChI is InChI=1S/C13H16F3NO2/c1-7(12(18)19-13(2,3)4)17-8-5-9(14)11(16)10(15)6-8/h5-7,17H,1-4H3. The Kier molecular flexibility index (Phi) is 4.44. The van der Waals surface area contributed by atoms with Gasteiger partial charge in [-0.2, -0.15) is 0 Å². The SMILES string of the molecule is CC(Nc1cc(F)c(F)c(F)c1)C(=O)OC(C)(C)C. The first kappa shape index (κ1) is 15.3. The molecule has 106 valence electrons. The van der Waals surface area contributed by atoms with Crippen LogP contribution >= 0.6 is 0 Å². The maximum atomic E-state index is 13.0. The molecule has 0 aromatic heterocycles. The molecule has 0 amide bonds. The molecule has 1 aromatic carbocycles. The number of ether oxygens (including phenoxy) is 1. The minimum Gasteiger partial charge on any atom is -0.458 e. The molecule has 3 nitrogen and oxygen atoms in total. The van der Waals surface area contributed by atoms with Gasteiger partial charge in [-0.15, -0.1) is 0 Å². The van der Waals surface area contributed by atoms with Gasteiger partial charge in [-0.3, -0.25) is 0 Å². The molecule has 0 aliphatic rings. The van der Waals surface area contributed by atoms with E-state index in [-0.39, 0.29) is 5.69 Å². The number of hydrogen-bond acceptors (Lipinski definition) is 3. The molecule has 0 heterocycles. The summed E-state index contributed by atoms with van der Waals surface area (Å²) < 4.78 is 43.8. The summed E-state index contributed by atoms with van der Waals surface area (Å²) in [5.41, 5.74) is -0.693. The van der Waals surface area contributed by atoms with Crippen LogP contribution in [0.1, 0.15) is 27.7 Å². The van der Waals surface area contributed by atoms with Gasteiger partial charge in [0.2, 0.25) is 0 Å². The van der Waals surface area contributed by atoms with Gasteiger partial charge in [-0.25, -0.2) is 18.0 Å². The summed E-state index contributed by atoms with van der Waals surface area (Å²) in [5.74, 6) is -4.76. The van der Waals surface area contributed by atoms with E-state index in [9.17, 15) is 18.0 Å². The lowest BCUT2D eigenvalue weighted by atomic mass is 10.2. The average Bonchev–Trinajstić information content (AvgIpc) is 2.23. The van der Waals surface area contributed by atoms with Crippen molar-refractivity contribution in [2.24, 2.45) is 0 Å². The van der Waals surface area contributed by atoms with Gasteiger partial charge in [0.15, 0.2) is 17.5 Å². The van der Waals surface area contributed by atoms with Crippen LogP contribution in [0.25, 0.3) is 0 Å². The number of halogens is 3. The van der Waals surface area contributed by atoms with Crippen molar-refractivity contribution >= 4 is 11.7 Å². The smallest absolute Gasteiger partial charge is 0.328 e. The Morgan fingerprint density at radius 1 is 1.21 bits per heavy atom. The highest BCUT2D eigenvalue weighted by molar-refractivity contribution is 5.79. The third-order valence-corrected chi connectivity index (χ3v) is 2.13. The number of nitrogens with one attached hydrogen (secondary N) is 1. The van der Waals surface area contributed by atoms with Crippen LogP contribution in [0.4, 0.5) is 18.9 Å². The minimum atomic E-state index is -1.55. The molecule has 0 fully saturated rings. The summed E-state index contributed by atoms with van der Waals surface area (Å²) in [4.78, 5) is 11.7. The van der Waals surface area contributed by atoms with Crippen molar-refractivity contribution in [2.45, 2.75) is 39.3 Å². The quantitative estimate of drug-likeness (QED) is 0.679. The van der Waals surface area contributed by atoms with E-state index in [2.05, 4.69) is 5.32 Å². The molecule has 0 saturated heterocycles. The van der Waals surface area contributed by atoms with Gasteiger partial charge >= 0.3 is 5.97 Å². The molecule has 0 aliphatic carbocycles. The predicted octanol–water partition coefficient (Wildman–Crippen LogP) is 3.25. The first-order valence-electron chi connectivity index (χ1n) is 5.74. The monoisotopic (exact) mass is 275 g/mol. The maximum absolute atomic E-state index is 13.0. The van der Waals surface area contributed by atoms with Crippen LogP contribution in [-0.4, -0.2) is 17.6 Å². The minimum absolute atomic E-state index is 0.0326. The average molecular weight is 275 g/mol. The van der Waals surface area contributed by atoms with E-state index in [4.69, 9.17) is 4.74 Å². The molecular formula is C13H16F3NO2. The fourth-order valence-electron chi connectivity index (χ4n) is 1.34.